The van der Waals surface area contributed by atoms with Crippen molar-refractivity contribution in [1.82, 2.24) is 14.7 Å². The molecule has 0 N–H and O–H groups in total. The van der Waals surface area contributed by atoms with Crippen molar-refractivity contribution in [2.45, 2.75) is 45.2 Å². The van der Waals surface area contributed by atoms with Gasteiger partial charge in [-0.2, -0.15) is 0 Å². The molecule has 0 saturated carbocycles. The van der Waals surface area contributed by atoms with Crippen molar-refractivity contribution in [3.63, 3.8) is 0 Å². The van der Waals surface area contributed by atoms with Crippen molar-refractivity contribution >= 4 is 6.03 Å². The highest BCUT2D eigenvalue weighted by molar-refractivity contribution is 5.75. The van der Waals surface area contributed by atoms with Crippen molar-refractivity contribution in [2.75, 3.05) is 39.5 Å². The van der Waals surface area contributed by atoms with Crippen LogP contribution in [0, 0.1) is 0 Å². The molecule has 0 bridgehead atoms. The molecule has 0 aliphatic carbocycles. The number of ether oxygens (including phenoxy) is 2. The van der Waals surface area contributed by atoms with Gasteiger partial charge in [-0.05, 0) is 43.4 Å². The summed E-state index contributed by atoms with van der Waals surface area (Å²) in [6, 6.07) is 6.84. The van der Waals surface area contributed by atoms with Gasteiger partial charge in [0, 0.05) is 45.3 Å². The van der Waals surface area contributed by atoms with Gasteiger partial charge in [-0.15, -0.1) is 0 Å². The van der Waals surface area contributed by atoms with E-state index in [1.807, 2.05) is 11.0 Å². The predicted molar refractivity (Wildman–Crippen MR) is 99.4 cm³/mol. The summed E-state index contributed by atoms with van der Waals surface area (Å²) >= 11 is 0. The number of carbonyl (C=O) groups excluding carboxylic acids is 1. The van der Waals surface area contributed by atoms with Gasteiger partial charge in [0.15, 0.2) is 11.5 Å². The average molecular weight is 359 g/mol. The van der Waals surface area contributed by atoms with E-state index in [2.05, 4.69) is 28.9 Å². The molecule has 142 valence electrons. The van der Waals surface area contributed by atoms with Crippen LogP contribution in [0.1, 0.15) is 38.2 Å². The first-order valence-electron chi connectivity index (χ1n) is 9.91. The number of piperazine rings is 1. The van der Waals surface area contributed by atoms with E-state index in [0.29, 0.717) is 12.8 Å². The summed E-state index contributed by atoms with van der Waals surface area (Å²) in [5, 5.41) is 0. The molecular weight excluding hydrogens is 330 g/mol. The molecule has 3 aliphatic heterocycles. The highest BCUT2D eigenvalue weighted by Gasteiger charge is 2.30. The third-order valence-electron chi connectivity index (χ3n) is 5.83. The molecule has 3 aliphatic rings. The van der Waals surface area contributed by atoms with E-state index < -0.39 is 0 Å². The minimum atomic E-state index is 0.249. The van der Waals surface area contributed by atoms with Crippen LogP contribution >= 0.6 is 0 Å². The number of hydrogen-bond acceptors (Lipinski definition) is 4. The number of likely N-dealkylation sites (tertiary alicyclic amines) is 1. The maximum absolute atomic E-state index is 12.9. The number of hydrogen-bond donors (Lipinski definition) is 0. The van der Waals surface area contributed by atoms with Gasteiger partial charge in [-0.1, -0.05) is 13.0 Å². The summed E-state index contributed by atoms with van der Waals surface area (Å²) in [5.74, 6) is 1.67. The quantitative estimate of drug-likeness (QED) is 0.832. The number of fused-ring (bicyclic) bond motifs is 1. The Morgan fingerprint density at radius 2 is 1.88 bits per heavy atom. The van der Waals surface area contributed by atoms with Gasteiger partial charge < -0.3 is 19.3 Å². The summed E-state index contributed by atoms with van der Waals surface area (Å²) in [7, 11) is 0. The van der Waals surface area contributed by atoms with E-state index in [0.717, 1.165) is 70.0 Å². The Bertz CT molecular complexity index is 643. The molecule has 3 heterocycles. The number of piperidine rings is 1. The Kier molecular flexibility index (Phi) is 5.20. The largest absolute Gasteiger partial charge is 0.454 e. The summed E-state index contributed by atoms with van der Waals surface area (Å²) in [6.45, 7) is 7.80. The molecule has 0 spiro atoms. The van der Waals surface area contributed by atoms with Crippen LogP contribution in [0.2, 0.25) is 0 Å². The number of nitrogens with zero attached hydrogens (tertiary/aromatic N) is 3. The zero-order valence-corrected chi connectivity index (χ0v) is 15.7. The molecule has 1 aromatic carbocycles. The lowest BCUT2D eigenvalue weighted by Gasteiger charge is -2.41. The molecule has 4 rings (SSSR count). The van der Waals surface area contributed by atoms with Crippen LogP contribution in [-0.4, -0.2) is 66.3 Å². The van der Waals surface area contributed by atoms with Crippen molar-refractivity contribution < 1.29 is 14.3 Å². The Morgan fingerprint density at radius 3 is 2.69 bits per heavy atom. The third kappa shape index (κ3) is 3.61. The normalized spacial score (nSPS) is 23.3. The summed E-state index contributed by atoms with van der Waals surface area (Å²) < 4.78 is 10.8. The van der Waals surface area contributed by atoms with Gasteiger partial charge >= 0.3 is 6.03 Å². The van der Waals surface area contributed by atoms with E-state index >= 15 is 0 Å². The Balaban J connectivity index is 1.30. The van der Waals surface area contributed by atoms with Crippen LogP contribution in [0.25, 0.3) is 0 Å². The van der Waals surface area contributed by atoms with Gasteiger partial charge in [0.1, 0.15) is 0 Å². The van der Waals surface area contributed by atoms with Gasteiger partial charge in [-0.25, -0.2) is 4.79 Å². The molecule has 0 radical (unpaired) electrons. The van der Waals surface area contributed by atoms with Crippen LogP contribution in [0.4, 0.5) is 4.79 Å². The summed E-state index contributed by atoms with van der Waals surface area (Å²) in [4.78, 5) is 19.5. The fourth-order valence-corrected chi connectivity index (χ4v) is 4.25. The standard InChI is InChI=1S/C20H29N3O3/c1-2-17-5-3-4-8-23(17)20(24)22-11-9-21(10-12-22)14-16-6-7-18-19(13-16)26-15-25-18/h6-7,13,17H,2-5,8-12,14-15H2,1H3. The molecule has 1 unspecified atom stereocenters. The van der Waals surface area contributed by atoms with Crippen LogP contribution in [0.15, 0.2) is 18.2 Å². The second kappa shape index (κ2) is 7.74. The highest BCUT2D eigenvalue weighted by atomic mass is 16.7. The third-order valence-corrected chi connectivity index (χ3v) is 5.83. The van der Waals surface area contributed by atoms with E-state index in [1.54, 1.807) is 0 Å². The maximum atomic E-state index is 12.9. The molecule has 26 heavy (non-hydrogen) atoms. The molecule has 2 saturated heterocycles. The molecular formula is C20H29N3O3. The van der Waals surface area contributed by atoms with Crippen LogP contribution in [0.5, 0.6) is 11.5 Å². The van der Waals surface area contributed by atoms with Crippen LogP contribution < -0.4 is 9.47 Å². The minimum Gasteiger partial charge on any atom is -0.454 e. The molecule has 2 fully saturated rings. The van der Waals surface area contributed by atoms with E-state index in [9.17, 15) is 4.79 Å². The first kappa shape index (κ1) is 17.5. The highest BCUT2D eigenvalue weighted by Crippen LogP contribution is 2.33. The fraction of sp³-hybridized carbons (Fsp3) is 0.650. The first-order chi connectivity index (χ1) is 12.7. The second-order valence-electron chi connectivity index (χ2n) is 7.48. The zero-order valence-electron chi connectivity index (χ0n) is 15.7. The lowest BCUT2D eigenvalue weighted by atomic mass is 10.0. The smallest absolute Gasteiger partial charge is 0.320 e. The first-order valence-corrected chi connectivity index (χ1v) is 9.91. The number of benzene rings is 1. The van der Waals surface area contributed by atoms with E-state index in [-0.39, 0.29) is 6.03 Å². The van der Waals surface area contributed by atoms with Gasteiger partial charge in [0.2, 0.25) is 6.79 Å². The zero-order chi connectivity index (χ0) is 17.9. The fourth-order valence-electron chi connectivity index (χ4n) is 4.25. The lowest BCUT2D eigenvalue weighted by molar-refractivity contribution is 0.0863. The van der Waals surface area contributed by atoms with Gasteiger partial charge in [0.05, 0.1) is 0 Å². The van der Waals surface area contributed by atoms with Crippen LogP contribution in [0.3, 0.4) is 0 Å². The number of rotatable bonds is 3. The number of amides is 2. The molecule has 1 aromatic rings. The minimum absolute atomic E-state index is 0.249. The summed E-state index contributed by atoms with van der Waals surface area (Å²) in [6.07, 6.45) is 4.63. The van der Waals surface area contributed by atoms with E-state index in [4.69, 9.17) is 9.47 Å². The SMILES string of the molecule is CCC1CCCCN1C(=O)N1CCN(Cc2ccc3c(c2)OCO3)CC1. The van der Waals surface area contributed by atoms with Crippen molar-refractivity contribution in [1.29, 1.82) is 0 Å². The van der Waals surface area contributed by atoms with Crippen molar-refractivity contribution in [2.24, 2.45) is 0 Å². The van der Waals surface area contributed by atoms with Gasteiger partial charge in [0.25, 0.3) is 0 Å². The summed E-state index contributed by atoms with van der Waals surface area (Å²) in [5.41, 5.74) is 1.23. The Hall–Kier alpha value is -1.95. The lowest BCUT2D eigenvalue weighted by Crippen LogP contribution is -2.55. The molecule has 0 aromatic heterocycles. The maximum Gasteiger partial charge on any atom is 0.320 e. The predicted octanol–water partition coefficient (Wildman–Crippen LogP) is 2.92. The molecule has 6 heteroatoms. The Morgan fingerprint density at radius 1 is 1.08 bits per heavy atom. The van der Waals surface area contributed by atoms with E-state index in [1.165, 1.54) is 12.0 Å². The molecule has 2 amide bonds. The van der Waals surface area contributed by atoms with Crippen molar-refractivity contribution in [3.05, 3.63) is 23.8 Å². The monoisotopic (exact) mass is 359 g/mol. The van der Waals surface area contributed by atoms with Crippen molar-refractivity contribution in [3.8, 4) is 11.5 Å². The molecule has 6 nitrogen and oxygen atoms in total. The second-order valence-corrected chi connectivity index (χ2v) is 7.48. The topological polar surface area (TPSA) is 45.3 Å². The van der Waals surface area contributed by atoms with Gasteiger partial charge in [-0.3, -0.25) is 4.90 Å². The number of carbonyl (C=O) groups is 1. The van der Waals surface area contributed by atoms with Crippen LogP contribution in [-0.2, 0) is 6.54 Å². The number of urea groups is 1. The molecule has 1 atom stereocenters. The average Bonchev–Trinajstić information content (AvgIpc) is 3.16. The Labute approximate surface area is 155 Å².